The minimum atomic E-state index is -2.20. The molecule has 2 atom stereocenters. The number of pyridine rings is 1. The molecule has 0 fully saturated rings. The first-order valence-corrected chi connectivity index (χ1v) is 15.4. The van der Waals surface area contributed by atoms with E-state index in [4.69, 9.17) is 4.43 Å². The molecule has 0 aliphatic carbocycles. The van der Waals surface area contributed by atoms with Gasteiger partial charge in [0.1, 0.15) is 0 Å². The van der Waals surface area contributed by atoms with Crippen LogP contribution < -0.4 is 5.32 Å². The zero-order valence-corrected chi connectivity index (χ0v) is 23.3. The molecule has 0 saturated heterocycles. The van der Waals surface area contributed by atoms with E-state index in [2.05, 4.69) is 56.0 Å². The van der Waals surface area contributed by atoms with Gasteiger partial charge in [0.25, 0.3) is 5.91 Å². The number of rotatable bonds is 7. The maximum atomic E-state index is 12.8. The number of nitrogens with one attached hydrogen (secondary N) is 1. The van der Waals surface area contributed by atoms with Crippen LogP contribution in [-0.4, -0.2) is 42.4 Å². The molecule has 0 saturated carbocycles. The number of amides is 1. The topological polar surface area (TPSA) is 88.5 Å². The van der Waals surface area contributed by atoms with Crippen molar-refractivity contribution < 1.29 is 19.1 Å². The molecule has 1 aromatic carbocycles. The summed E-state index contributed by atoms with van der Waals surface area (Å²) < 4.78 is 6.21. The van der Waals surface area contributed by atoms with Crippen molar-refractivity contribution in [3.05, 3.63) is 76.8 Å². The van der Waals surface area contributed by atoms with Crippen LogP contribution in [0.3, 0.4) is 0 Å². The zero-order valence-electron chi connectivity index (χ0n) is 21.5. The Hall–Kier alpha value is -3.25. The molecule has 2 aromatic heterocycles. The van der Waals surface area contributed by atoms with Crippen molar-refractivity contribution >= 4 is 31.5 Å². The number of hydrogen-bond acceptors (Lipinski definition) is 5. The van der Waals surface area contributed by atoms with Crippen molar-refractivity contribution in [2.75, 3.05) is 0 Å². The Kier molecular flexibility index (Phi) is 8.51. The highest BCUT2D eigenvalue weighted by atomic mass is 32.1. The standard InChI is InChI=1S/C28H32N2O4SSi/c1-19(34-36(5,6)28(2,3)4)25(27(32)33)30-26(31)21-13-10-20(11-14-21)12-15-22-16-17-24(35-22)23-9-7-8-18-29-23/h7-11,13-14,16-19,25H,1-6H3,(H,30,31)(H,32,33). The third-order valence-electron chi connectivity index (χ3n) is 6.31. The van der Waals surface area contributed by atoms with Gasteiger partial charge in [-0.3, -0.25) is 9.78 Å². The molecule has 0 bridgehead atoms. The molecule has 0 aliphatic rings. The minimum Gasteiger partial charge on any atom is -0.480 e. The highest BCUT2D eigenvalue weighted by Crippen LogP contribution is 2.37. The fraction of sp³-hybridized carbons (Fsp3) is 0.321. The average Bonchev–Trinajstić information content (AvgIpc) is 3.30. The van der Waals surface area contributed by atoms with Crippen molar-refractivity contribution in [1.82, 2.24) is 10.3 Å². The third-order valence-corrected chi connectivity index (χ3v) is 11.9. The van der Waals surface area contributed by atoms with Crippen LogP contribution in [0, 0.1) is 11.8 Å². The van der Waals surface area contributed by atoms with Gasteiger partial charge in [0.05, 0.1) is 21.6 Å². The van der Waals surface area contributed by atoms with Gasteiger partial charge in [0, 0.05) is 17.3 Å². The van der Waals surface area contributed by atoms with E-state index in [1.54, 1.807) is 48.7 Å². The second kappa shape index (κ2) is 11.2. The highest BCUT2D eigenvalue weighted by molar-refractivity contribution is 7.16. The predicted octanol–water partition coefficient (Wildman–Crippen LogP) is 5.80. The molecule has 36 heavy (non-hydrogen) atoms. The normalized spacial score (nSPS) is 13.3. The van der Waals surface area contributed by atoms with E-state index in [-0.39, 0.29) is 5.04 Å². The van der Waals surface area contributed by atoms with E-state index in [0.29, 0.717) is 5.56 Å². The number of benzene rings is 1. The summed E-state index contributed by atoms with van der Waals surface area (Å²) in [5.74, 6) is 4.66. The Morgan fingerprint density at radius 1 is 1.06 bits per heavy atom. The number of carboxylic acid groups (broad SMARTS) is 1. The molecule has 0 aliphatic heterocycles. The summed E-state index contributed by atoms with van der Waals surface area (Å²) in [7, 11) is -2.20. The lowest BCUT2D eigenvalue weighted by Gasteiger charge is -2.39. The van der Waals surface area contributed by atoms with E-state index in [9.17, 15) is 14.7 Å². The number of thiophene rings is 1. The van der Waals surface area contributed by atoms with Gasteiger partial charge < -0.3 is 14.8 Å². The zero-order chi connectivity index (χ0) is 26.5. The Morgan fingerprint density at radius 2 is 1.75 bits per heavy atom. The minimum absolute atomic E-state index is 0.0751. The van der Waals surface area contributed by atoms with Gasteiger partial charge >= 0.3 is 5.97 Å². The van der Waals surface area contributed by atoms with Gasteiger partial charge in [-0.1, -0.05) is 38.7 Å². The van der Waals surface area contributed by atoms with Crippen molar-refractivity contribution in [2.24, 2.45) is 0 Å². The van der Waals surface area contributed by atoms with Gasteiger partial charge in [-0.15, -0.1) is 11.3 Å². The fourth-order valence-corrected chi connectivity index (χ4v) is 5.46. The van der Waals surface area contributed by atoms with Gasteiger partial charge in [-0.25, -0.2) is 4.79 Å². The Labute approximate surface area is 217 Å². The number of aromatic nitrogens is 1. The van der Waals surface area contributed by atoms with Crippen LogP contribution in [0.15, 0.2) is 60.8 Å². The first-order chi connectivity index (χ1) is 16.9. The second-order valence-electron chi connectivity index (χ2n) is 10.1. The molecule has 3 aromatic rings. The van der Waals surface area contributed by atoms with Crippen molar-refractivity contribution in [3.63, 3.8) is 0 Å². The van der Waals surface area contributed by atoms with Crippen LogP contribution in [0.4, 0.5) is 0 Å². The third kappa shape index (κ3) is 6.91. The van der Waals surface area contributed by atoms with E-state index < -0.39 is 32.3 Å². The molecule has 6 nitrogen and oxygen atoms in total. The summed E-state index contributed by atoms with van der Waals surface area (Å²) >= 11 is 1.57. The molecule has 0 spiro atoms. The quantitative estimate of drug-likeness (QED) is 0.303. The number of carboxylic acids is 1. The molecule has 2 heterocycles. The van der Waals surface area contributed by atoms with Crippen LogP contribution in [-0.2, 0) is 9.22 Å². The van der Waals surface area contributed by atoms with Gasteiger partial charge in [-0.2, -0.15) is 0 Å². The summed E-state index contributed by atoms with van der Waals surface area (Å²) in [4.78, 5) is 31.0. The van der Waals surface area contributed by atoms with Crippen LogP contribution in [0.1, 0.15) is 48.5 Å². The van der Waals surface area contributed by atoms with Gasteiger partial charge in [0.2, 0.25) is 0 Å². The predicted molar refractivity (Wildman–Crippen MR) is 147 cm³/mol. The second-order valence-corrected chi connectivity index (χ2v) is 15.9. The monoisotopic (exact) mass is 520 g/mol. The number of aliphatic carboxylic acids is 1. The Balaban J connectivity index is 1.66. The van der Waals surface area contributed by atoms with Gasteiger partial charge in [-0.05, 0) is 73.6 Å². The summed E-state index contributed by atoms with van der Waals surface area (Å²) in [6.07, 6.45) is 1.10. The van der Waals surface area contributed by atoms with Crippen molar-refractivity contribution in [2.45, 2.75) is 58.0 Å². The Bertz CT molecular complexity index is 1270. The molecule has 1 amide bonds. The van der Waals surface area contributed by atoms with E-state index in [0.717, 1.165) is 21.0 Å². The van der Waals surface area contributed by atoms with Crippen LogP contribution in [0.25, 0.3) is 10.6 Å². The molecule has 3 rings (SSSR count). The highest BCUT2D eigenvalue weighted by Gasteiger charge is 2.41. The molecular weight excluding hydrogens is 488 g/mol. The molecule has 8 heteroatoms. The molecule has 2 unspecified atom stereocenters. The number of carbonyl (C=O) groups excluding carboxylic acids is 1. The summed E-state index contributed by atoms with van der Waals surface area (Å²) in [6.45, 7) is 12.1. The molecule has 2 N–H and O–H groups in total. The fourth-order valence-electron chi connectivity index (χ4n) is 3.20. The largest absolute Gasteiger partial charge is 0.480 e. The maximum absolute atomic E-state index is 12.8. The maximum Gasteiger partial charge on any atom is 0.328 e. The number of hydrogen-bond donors (Lipinski definition) is 2. The summed E-state index contributed by atoms with van der Waals surface area (Å²) in [5, 5.41) is 12.3. The summed E-state index contributed by atoms with van der Waals surface area (Å²) in [5.41, 5.74) is 2.03. The lowest BCUT2D eigenvalue weighted by molar-refractivity contribution is -0.141. The summed E-state index contributed by atoms with van der Waals surface area (Å²) in [6, 6.07) is 15.4. The van der Waals surface area contributed by atoms with Crippen LogP contribution >= 0.6 is 11.3 Å². The number of nitrogens with zero attached hydrogens (tertiary/aromatic N) is 1. The van der Waals surface area contributed by atoms with E-state index >= 15 is 0 Å². The molecular formula is C28H32N2O4SSi. The number of carbonyl (C=O) groups is 2. The first kappa shape index (κ1) is 27.3. The first-order valence-electron chi connectivity index (χ1n) is 11.7. The SMILES string of the molecule is CC(O[Si](C)(C)C(C)(C)C)C(NC(=O)c1ccc(C#Cc2ccc(-c3ccccn3)s2)cc1)C(=O)O. The average molecular weight is 521 g/mol. The molecule has 0 radical (unpaired) electrons. The Morgan fingerprint density at radius 3 is 2.33 bits per heavy atom. The van der Waals surface area contributed by atoms with Crippen LogP contribution in [0.5, 0.6) is 0 Å². The van der Waals surface area contributed by atoms with Crippen molar-refractivity contribution in [3.8, 4) is 22.4 Å². The van der Waals surface area contributed by atoms with E-state index in [1.807, 2.05) is 30.3 Å². The molecule has 188 valence electrons. The van der Waals surface area contributed by atoms with Gasteiger partial charge in [0.15, 0.2) is 14.4 Å². The van der Waals surface area contributed by atoms with Crippen molar-refractivity contribution in [1.29, 1.82) is 0 Å². The lowest BCUT2D eigenvalue weighted by Crippen LogP contribution is -2.53. The van der Waals surface area contributed by atoms with Crippen LogP contribution in [0.2, 0.25) is 18.1 Å². The smallest absolute Gasteiger partial charge is 0.328 e. The lowest BCUT2D eigenvalue weighted by atomic mass is 10.1. The van der Waals surface area contributed by atoms with E-state index in [1.165, 1.54) is 0 Å².